The van der Waals surface area contributed by atoms with Crippen molar-refractivity contribution in [3.05, 3.63) is 65.7 Å². The molecule has 6 nitrogen and oxygen atoms in total. The van der Waals surface area contributed by atoms with Crippen molar-refractivity contribution < 1.29 is 14.3 Å². The minimum atomic E-state index is -0.897. The van der Waals surface area contributed by atoms with Gasteiger partial charge in [0.1, 0.15) is 12.4 Å². The molecule has 0 aromatic heterocycles. The van der Waals surface area contributed by atoms with Crippen LogP contribution in [0.15, 0.2) is 54.6 Å². The van der Waals surface area contributed by atoms with Crippen molar-refractivity contribution >= 4 is 11.8 Å². The van der Waals surface area contributed by atoms with Gasteiger partial charge in [0.15, 0.2) is 0 Å². The summed E-state index contributed by atoms with van der Waals surface area (Å²) in [5, 5.41) is 2.69. The van der Waals surface area contributed by atoms with Crippen LogP contribution in [0.2, 0.25) is 0 Å². The van der Waals surface area contributed by atoms with Gasteiger partial charge in [0.05, 0.1) is 12.5 Å². The Hall–Kier alpha value is -2.86. The summed E-state index contributed by atoms with van der Waals surface area (Å²) in [4.78, 5) is 22.4. The van der Waals surface area contributed by atoms with Crippen molar-refractivity contribution in [3.8, 4) is 5.75 Å². The first-order valence-corrected chi connectivity index (χ1v) is 8.12. The second-order valence-electron chi connectivity index (χ2n) is 5.74. The molecule has 0 aliphatic heterocycles. The van der Waals surface area contributed by atoms with Crippen LogP contribution in [0.1, 0.15) is 17.5 Å². The Labute approximate surface area is 147 Å². The molecule has 2 aromatic rings. The summed E-state index contributed by atoms with van der Waals surface area (Å²) < 4.78 is 5.73. The van der Waals surface area contributed by atoms with Gasteiger partial charge in [0.2, 0.25) is 11.8 Å². The minimum Gasteiger partial charge on any atom is -0.489 e. The molecule has 0 saturated heterocycles. The van der Waals surface area contributed by atoms with E-state index in [4.69, 9.17) is 16.2 Å². The standard InChI is InChI=1S/C19H23N3O3/c20-17(12-18(21)23)19(24)22-11-10-14-6-8-16(9-7-14)25-13-15-4-2-1-3-5-15/h1-9,17H,10-13,20H2,(H2,21,23)(H,22,24). The summed E-state index contributed by atoms with van der Waals surface area (Å²) in [5.41, 5.74) is 12.8. The molecule has 2 amide bonds. The van der Waals surface area contributed by atoms with Crippen molar-refractivity contribution in [2.24, 2.45) is 11.5 Å². The predicted octanol–water partition coefficient (Wildman–Crippen LogP) is 1.13. The van der Waals surface area contributed by atoms with E-state index in [1.54, 1.807) is 0 Å². The first-order chi connectivity index (χ1) is 12.0. The Kier molecular flexibility index (Phi) is 6.98. The van der Waals surface area contributed by atoms with Gasteiger partial charge in [-0.1, -0.05) is 42.5 Å². The zero-order chi connectivity index (χ0) is 18.1. The van der Waals surface area contributed by atoms with E-state index in [9.17, 15) is 9.59 Å². The number of hydrogen-bond acceptors (Lipinski definition) is 4. The fourth-order valence-electron chi connectivity index (χ4n) is 2.26. The first-order valence-electron chi connectivity index (χ1n) is 8.12. The van der Waals surface area contributed by atoms with E-state index in [0.717, 1.165) is 16.9 Å². The monoisotopic (exact) mass is 341 g/mol. The Balaban J connectivity index is 1.73. The molecule has 0 bridgehead atoms. The quantitative estimate of drug-likeness (QED) is 0.635. The SMILES string of the molecule is NC(=O)CC(N)C(=O)NCCc1ccc(OCc2ccccc2)cc1. The summed E-state index contributed by atoms with van der Waals surface area (Å²) in [6.45, 7) is 0.962. The number of nitrogens with one attached hydrogen (secondary N) is 1. The molecule has 132 valence electrons. The van der Waals surface area contributed by atoms with Crippen LogP contribution >= 0.6 is 0 Å². The second kappa shape index (κ2) is 9.44. The highest BCUT2D eigenvalue weighted by Crippen LogP contribution is 2.14. The predicted molar refractivity (Wildman–Crippen MR) is 95.7 cm³/mol. The van der Waals surface area contributed by atoms with E-state index in [1.807, 2.05) is 54.6 Å². The van der Waals surface area contributed by atoms with E-state index < -0.39 is 11.9 Å². The third-order valence-electron chi connectivity index (χ3n) is 3.64. The zero-order valence-corrected chi connectivity index (χ0v) is 14.0. The molecule has 2 rings (SSSR count). The lowest BCUT2D eigenvalue weighted by molar-refractivity contribution is -0.126. The molecule has 0 saturated carbocycles. The Morgan fingerprint density at radius 3 is 2.32 bits per heavy atom. The lowest BCUT2D eigenvalue weighted by atomic mass is 10.1. The van der Waals surface area contributed by atoms with E-state index in [2.05, 4.69) is 5.32 Å². The number of rotatable bonds is 9. The lowest BCUT2D eigenvalue weighted by Crippen LogP contribution is -2.43. The fourth-order valence-corrected chi connectivity index (χ4v) is 2.26. The molecular weight excluding hydrogens is 318 g/mol. The Morgan fingerprint density at radius 2 is 1.68 bits per heavy atom. The van der Waals surface area contributed by atoms with Gasteiger partial charge in [-0.25, -0.2) is 0 Å². The van der Waals surface area contributed by atoms with Gasteiger partial charge in [-0.3, -0.25) is 9.59 Å². The second-order valence-corrected chi connectivity index (χ2v) is 5.74. The molecule has 5 N–H and O–H groups in total. The molecule has 0 radical (unpaired) electrons. The van der Waals surface area contributed by atoms with Crippen LogP contribution in [0.5, 0.6) is 5.75 Å². The topological polar surface area (TPSA) is 107 Å². The molecule has 25 heavy (non-hydrogen) atoms. The van der Waals surface area contributed by atoms with E-state index >= 15 is 0 Å². The number of ether oxygens (including phenoxy) is 1. The molecular formula is C19H23N3O3. The zero-order valence-electron chi connectivity index (χ0n) is 14.0. The van der Waals surface area contributed by atoms with Crippen LogP contribution in [0.3, 0.4) is 0 Å². The fraction of sp³-hybridized carbons (Fsp3) is 0.263. The van der Waals surface area contributed by atoms with Crippen molar-refractivity contribution in [1.82, 2.24) is 5.32 Å². The van der Waals surface area contributed by atoms with Crippen LogP contribution in [-0.4, -0.2) is 24.4 Å². The Bertz CT molecular complexity index is 687. The third-order valence-corrected chi connectivity index (χ3v) is 3.64. The van der Waals surface area contributed by atoms with Gasteiger partial charge in [-0.15, -0.1) is 0 Å². The molecule has 2 aromatic carbocycles. The van der Waals surface area contributed by atoms with E-state index in [-0.39, 0.29) is 12.3 Å². The highest BCUT2D eigenvalue weighted by molar-refractivity contribution is 5.87. The third kappa shape index (κ3) is 6.64. The van der Waals surface area contributed by atoms with Crippen LogP contribution < -0.4 is 21.5 Å². The Morgan fingerprint density at radius 1 is 1.00 bits per heavy atom. The molecule has 0 aliphatic carbocycles. The maximum absolute atomic E-state index is 11.7. The van der Waals surface area contributed by atoms with Crippen molar-refractivity contribution in [1.29, 1.82) is 0 Å². The number of nitrogens with two attached hydrogens (primary N) is 2. The number of amides is 2. The lowest BCUT2D eigenvalue weighted by Gasteiger charge is -2.11. The van der Waals surface area contributed by atoms with Crippen LogP contribution in [0.25, 0.3) is 0 Å². The highest BCUT2D eigenvalue weighted by atomic mass is 16.5. The number of benzene rings is 2. The van der Waals surface area contributed by atoms with Crippen LogP contribution in [0.4, 0.5) is 0 Å². The largest absolute Gasteiger partial charge is 0.489 e. The molecule has 0 aliphatic rings. The molecule has 0 heterocycles. The van der Waals surface area contributed by atoms with Gasteiger partial charge < -0.3 is 21.5 Å². The average molecular weight is 341 g/mol. The molecule has 1 unspecified atom stereocenters. The van der Waals surface area contributed by atoms with Gasteiger partial charge >= 0.3 is 0 Å². The van der Waals surface area contributed by atoms with Gasteiger partial charge in [0, 0.05) is 6.54 Å². The van der Waals surface area contributed by atoms with Gasteiger partial charge in [-0.2, -0.15) is 0 Å². The number of carbonyl (C=O) groups is 2. The van der Waals surface area contributed by atoms with Crippen molar-refractivity contribution in [2.45, 2.75) is 25.5 Å². The number of carbonyl (C=O) groups excluding carboxylic acids is 2. The number of hydrogen-bond donors (Lipinski definition) is 3. The first kappa shape index (κ1) is 18.5. The highest BCUT2D eigenvalue weighted by Gasteiger charge is 2.15. The molecule has 1 atom stereocenters. The molecule has 6 heteroatoms. The van der Waals surface area contributed by atoms with Gasteiger partial charge in [0.25, 0.3) is 0 Å². The summed E-state index contributed by atoms with van der Waals surface area (Å²) in [6, 6.07) is 16.8. The summed E-state index contributed by atoms with van der Waals surface area (Å²) >= 11 is 0. The average Bonchev–Trinajstić information content (AvgIpc) is 2.61. The maximum atomic E-state index is 11.7. The van der Waals surface area contributed by atoms with Crippen LogP contribution in [0, 0.1) is 0 Å². The summed E-state index contributed by atoms with van der Waals surface area (Å²) in [5.74, 6) is -0.171. The summed E-state index contributed by atoms with van der Waals surface area (Å²) in [6.07, 6.45) is 0.507. The summed E-state index contributed by atoms with van der Waals surface area (Å²) in [7, 11) is 0. The van der Waals surface area contributed by atoms with E-state index in [0.29, 0.717) is 19.6 Å². The minimum absolute atomic E-state index is 0.153. The normalized spacial score (nSPS) is 11.6. The molecule has 0 spiro atoms. The van der Waals surface area contributed by atoms with Crippen molar-refractivity contribution in [3.63, 3.8) is 0 Å². The van der Waals surface area contributed by atoms with Gasteiger partial charge in [-0.05, 0) is 29.7 Å². The molecule has 0 fully saturated rings. The van der Waals surface area contributed by atoms with Crippen LogP contribution in [-0.2, 0) is 22.6 Å². The van der Waals surface area contributed by atoms with E-state index in [1.165, 1.54) is 0 Å². The number of primary amides is 1. The smallest absolute Gasteiger partial charge is 0.237 e. The van der Waals surface area contributed by atoms with Crippen molar-refractivity contribution in [2.75, 3.05) is 6.54 Å². The maximum Gasteiger partial charge on any atom is 0.237 e.